The van der Waals surface area contributed by atoms with Gasteiger partial charge < -0.3 is 10.2 Å². The van der Waals surface area contributed by atoms with Gasteiger partial charge in [-0.1, -0.05) is 43.9 Å². The molecule has 1 aromatic carbocycles. The number of nitrogens with zero attached hydrogens (tertiary/aromatic N) is 1. The van der Waals surface area contributed by atoms with Crippen LogP contribution in [0.2, 0.25) is 0 Å². The molecule has 1 aliphatic heterocycles. The third-order valence-electron chi connectivity index (χ3n) is 4.58. The van der Waals surface area contributed by atoms with E-state index in [0.717, 1.165) is 17.7 Å². The van der Waals surface area contributed by atoms with Crippen LogP contribution in [-0.4, -0.2) is 23.3 Å². The highest BCUT2D eigenvalue weighted by Gasteiger charge is 2.24. The van der Waals surface area contributed by atoms with E-state index in [0.29, 0.717) is 18.9 Å². The minimum absolute atomic E-state index is 0.103. The Morgan fingerprint density at radius 1 is 1.19 bits per heavy atom. The lowest BCUT2D eigenvalue weighted by molar-refractivity contribution is -0.135. The average molecular weight is 286 g/mol. The summed E-state index contributed by atoms with van der Waals surface area (Å²) in [6, 6.07) is 7.70. The van der Waals surface area contributed by atoms with E-state index in [4.69, 9.17) is 0 Å². The smallest absolute Gasteiger partial charge is 0.244 e. The van der Waals surface area contributed by atoms with Crippen molar-refractivity contribution in [1.29, 1.82) is 0 Å². The largest absolute Gasteiger partial charge is 0.329 e. The van der Waals surface area contributed by atoms with Crippen molar-refractivity contribution in [3.63, 3.8) is 0 Å². The maximum absolute atomic E-state index is 12.4. The first kappa shape index (κ1) is 14.1. The number of carbonyl (C=O) groups is 2. The van der Waals surface area contributed by atoms with E-state index in [9.17, 15) is 9.59 Å². The molecule has 1 aliphatic carbocycles. The van der Waals surface area contributed by atoms with E-state index in [2.05, 4.69) is 5.32 Å². The van der Waals surface area contributed by atoms with Crippen molar-refractivity contribution in [2.45, 2.75) is 45.1 Å². The number of carbonyl (C=O) groups excluding carboxylic acids is 2. The van der Waals surface area contributed by atoms with E-state index < -0.39 is 0 Å². The zero-order chi connectivity index (χ0) is 14.7. The van der Waals surface area contributed by atoms with Crippen LogP contribution >= 0.6 is 0 Å². The quantitative estimate of drug-likeness (QED) is 0.928. The van der Waals surface area contributed by atoms with Gasteiger partial charge in [0.2, 0.25) is 11.8 Å². The Labute approximate surface area is 125 Å². The molecule has 1 N–H and O–H groups in total. The summed E-state index contributed by atoms with van der Waals surface area (Å²) in [6.07, 6.45) is 6.67. The molecule has 1 saturated carbocycles. The van der Waals surface area contributed by atoms with Gasteiger partial charge in [-0.05, 0) is 24.0 Å². The first-order valence-electron chi connectivity index (χ1n) is 7.88. The summed E-state index contributed by atoms with van der Waals surface area (Å²) in [5.41, 5.74) is 1.84. The number of anilines is 1. The van der Waals surface area contributed by atoms with Crippen molar-refractivity contribution < 1.29 is 9.59 Å². The van der Waals surface area contributed by atoms with Crippen LogP contribution in [0.25, 0.3) is 0 Å². The maximum atomic E-state index is 12.4. The molecule has 1 aromatic rings. The van der Waals surface area contributed by atoms with Gasteiger partial charge in [0.05, 0.1) is 0 Å². The molecule has 1 heterocycles. The number of nitrogens with one attached hydrogen (secondary N) is 1. The molecule has 4 nitrogen and oxygen atoms in total. The zero-order valence-electron chi connectivity index (χ0n) is 12.3. The summed E-state index contributed by atoms with van der Waals surface area (Å²) in [4.78, 5) is 26.0. The molecule has 0 spiro atoms. The van der Waals surface area contributed by atoms with Gasteiger partial charge in [-0.15, -0.1) is 0 Å². The minimum Gasteiger partial charge on any atom is -0.329 e. The third kappa shape index (κ3) is 3.43. The molecule has 112 valence electrons. The second kappa shape index (κ2) is 6.29. The van der Waals surface area contributed by atoms with Crippen LogP contribution in [0, 0.1) is 5.92 Å². The summed E-state index contributed by atoms with van der Waals surface area (Å²) >= 11 is 0. The van der Waals surface area contributed by atoms with Gasteiger partial charge in [-0.3, -0.25) is 9.59 Å². The lowest BCUT2D eigenvalue weighted by atomic mass is 10.0. The van der Waals surface area contributed by atoms with Crippen LogP contribution in [0.3, 0.4) is 0 Å². The van der Waals surface area contributed by atoms with Crippen molar-refractivity contribution in [2.24, 2.45) is 5.92 Å². The number of rotatable bonds is 3. The standard InChI is InChI=1S/C17H22N2O2/c20-16-12-19(11-14-7-3-4-8-15(14)18-16)17(21)10-9-13-5-1-2-6-13/h3-4,7-8,13H,1-2,5-6,9-12H2,(H,18,20). The first-order valence-corrected chi connectivity index (χ1v) is 7.88. The van der Waals surface area contributed by atoms with E-state index >= 15 is 0 Å². The molecule has 0 aromatic heterocycles. The topological polar surface area (TPSA) is 49.4 Å². The molecule has 3 rings (SSSR count). The van der Waals surface area contributed by atoms with Crippen LogP contribution in [0.15, 0.2) is 24.3 Å². The Morgan fingerprint density at radius 2 is 1.95 bits per heavy atom. The van der Waals surface area contributed by atoms with Crippen molar-refractivity contribution >= 4 is 17.5 Å². The molecule has 0 atom stereocenters. The predicted molar refractivity (Wildman–Crippen MR) is 81.7 cm³/mol. The SMILES string of the molecule is O=C1CN(C(=O)CCC2CCCC2)Cc2ccccc2N1. The number of amides is 2. The van der Waals surface area contributed by atoms with Gasteiger partial charge in [0.25, 0.3) is 0 Å². The van der Waals surface area contributed by atoms with Crippen molar-refractivity contribution in [3.8, 4) is 0 Å². The highest BCUT2D eigenvalue weighted by atomic mass is 16.2. The van der Waals surface area contributed by atoms with E-state index in [1.165, 1.54) is 25.7 Å². The molecule has 21 heavy (non-hydrogen) atoms. The molecule has 0 saturated heterocycles. The molecular formula is C17H22N2O2. The summed E-state index contributed by atoms with van der Waals surface area (Å²) in [6.45, 7) is 0.691. The van der Waals surface area contributed by atoms with Crippen LogP contribution < -0.4 is 5.32 Å². The highest BCUT2D eigenvalue weighted by Crippen LogP contribution is 2.29. The Kier molecular flexibility index (Phi) is 4.23. The Morgan fingerprint density at radius 3 is 2.76 bits per heavy atom. The van der Waals surface area contributed by atoms with E-state index in [1.807, 2.05) is 24.3 Å². The summed E-state index contributed by atoms with van der Waals surface area (Å²) in [5.74, 6) is 0.713. The monoisotopic (exact) mass is 286 g/mol. The predicted octanol–water partition coefficient (Wildman–Crippen LogP) is 2.94. The lowest BCUT2D eigenvalue weighted by Crippen LogP contribution is -2.35. The molecular weight excluding hydrogens is 264 g/mol. The second-order valence-corrected chi connectivity index (χ2v) is 6.14. The second-order valence-electron chi connectivity index (χ2n) is 6.14. The van der Waals surface area contributed by atoms with Crippen LogP contribution in [-0.2, 0) is 16.1 Å². The lowest BCUT2D eigenvalue weighted by Gasteiger charge is -2.20. The molecule has 2 aliphatic rings. The van der Waals surface area contributed by atoms with Crippen LogP contribution in [0.5, 0.6) is 0 Å². The molecule has 1 fully saturated rings. The zero-order valence-corrected chi connectivity index (χ0v) is 12.3. The number of hydrogen-bond acceptors (Lipinski definition) is 2. The normalized spacial score (nSPS) is 19.0. The fourth-order valence-electron chi connectivity index (χ4n) is 3.37. The molecule has 0 bridgehead atoms. The fraction of sp³-hybridized carbons (Fsp3) is 0.529. The molecule has 4 heteroatoms. The van der Waals surface area contributed by atoms with E-state index in [1.54, 1.807) is 4.90 Å². The van der Waals surface area contributed by atoms with Gasteiger partial charge in [0, 0.05) is 18.7 Å². The number of hydrogen-bond donors (Lipinski definition) is 1. The Hall–Kier alpha value is -1.84. The van der Waals surface area contributed by atoms with Gasteiger partial charge >= 0.3 is 0 Å². The molecule has 2 amide bonds. The minimum atomic E-state index is -0.103. The van der Waals surface area contributed by atoms with Gasteiger partial charge in [-0.25, -0.2) is 0 Å². The Balaban J connectivity index is 1.64. The summed E-state index contributed by atoms with van der Waals surface area (Å²) in [7, 11) is 0. The number of benzene rings is 1. The number of fused-ring (bicyclic) bond motifs is 1. The molecule has 0 radical (unpaired) electrons. The third-order valence-corrected chi connectivity index (χ3v) is 4.58. The van der Waals surface area contributed by atoms with Crippen molar-refractivity contribution in [3.05, 3.63) is 29.8 Å². The van der Waals surface area contributed by atoms with Crippen molar-refractivity contribution in [2.75, 3.05) is 11.9 Å². The van der Waals surface area contributed by atoms with Crippen LogP contribution in [0.1, 0.15) is 44.1 Å². The van der Waals surface area contributed by atoms with Gasteiger partial charge in [0.1, 0.15) is 6.54 Å². The van der Waals surface area contributed by atoms with Crippen LogP contribution in [0.4, 0.5) is 5.69 Å². The van der Waals surface area contributed by atoms with Gasteiger partial charge in [-0.2, -0.15) is 0 Å². The number of para-hydroxylation sites is 1. The van der Waals surface area contributed by atoms with E-state index in [-0.39, 0.29) is 18.4 Å². The summed E-state index contributed by atoms with van der Waals surface area (Å²) in [5, 5.41) is 2.87. The first-order chi connectivity index (χ1) is 10.2. The van der Waals surface area contributed by atoms with Gasteiger partial charge in [0.15, 0.2) is 0 Å². The Bertz CT molecular complexity index is 535. The highest BCUT2D eigenvalue weighted by molar-refractivity contribution is 5.96. The molecule has 0 unspecified atom stereocenters. The van der Waals surface area contributed by atoms with Crippen molar-refractivity contribution in [1.82, 2.24) is 4.90 Å². The fourth-order valence-corrected chi connectivity index (χ4v) is 3.37. The maximum Gasteiger partial charge on any atom is 0.244 e. The summed E-state index contributed by atoms with van der Waals surface area (Å²) < 4.78 is 0. The average Bonchev–Trinajstić information content (AvgIpc) is 2.93.